The van der Waals surface area contributed by atoms with E-state index in [1.807, 2.05) is 6.07 Å². The molecule has 1 aromatic carbocycles. The van der Waals surface area contributed by atoms with E-state index in [1.165, 1.54) is 18.2 Å². The van der Waals surface area contributed by atoms with E-state index in [2.05, 4.69) is 0 Å². The van der Waals surface area contributed by atoms with Gasteiger partial charge in [0.1, 0.15) is 5.82 Å². The Balaban J connectivity index is 3.24. The highest BCUT2D eigenvalue weighted by molar-refractivity contribution is 6.30. The van der Waals surface area contributed by atoms with Gasteiger partial charge in [-0.15, -0.1) is 0 Å². The Hall–Kier alpha value is -1.53. The monoisotopic (exact) mass is 210 g/mol. The highest BCUT2D eigenvalue weighted by Crippen LogP contribution is 2.20. The number of hydrogen-bond donors (Lipinski definition) is 1. The summed E-state index contributed by atoms with van der Waals surface area (Å²) in [6, 6.07) is 6.01. The minimum absolute atomic E-state index is 0.00353. The molecule has 0 saturated carbocycles. The van der Waals surface area contributed by atoms with Gasteiger partial charge in [-0.2, -0.15) is 5.26 Å². The summed E-state index contributed by atoms with van der Waals surface area (Å²) in [5.41, 5.74) is 6.89. The van der Waals surface area contributed by atoms with Gasteiger partial charge in [0.15, 0.2) is 0 Å². The summed E-state index contributed by atoms with van der Waals surface area (Å²) in [5, 5.41) is 8.59. The lowest BCUT2D eigenvalue weighted by atomic mass is 10.1. The molecule has 0 amide bonds. The van der Waals surface area contributed by atoms with Crippen molar-refractivity contribution in [1.29, 1.82) is 5.26 Å². The van der Waals surface area contributed by atoms with Crippen LogP contribution in [0, 0.1) is 17.1 Å². The van der Waals surface area contributed by atoms with E-state index >= 15 is 0 Å². The average Bonchev–Trinajstić information content (AvgIpc) is 2.20. The maximum Gasteiger partial charge on any atom is 0.141 e. The van der Waals surface area contributed by atoms with Crippen LogP contribution in [0.5, 0.6) is 0 Å². The molecule has 72 valence electrons. The zero-order chi connectivity index (χ0) is 10.7. The largest absolute Gasteiger partial charge is 0.397 e. The van der Waals surface area contributed by atoms with Crippen molar-refractivity contribution >= 4 is 17.3 Å². The summed E-state index contributed by atoms with van der Waals surface area (Å²) >= 11 is 5.57. The summed E-state index contributed by atoms with van der Waals surface area (Å²) < 4.78 is 12.8. The van der Waals surface area contributed by atoms with Crippen LogP contribution >= 0.6 is 11.6 Å². The molecule has 0 unspecified atom stereocenters. The second-order valence-electron chi connectivity index (χ2n) is 2.78. The van der Waals surface area contributed by atoms with E-state index in [1.54, 1.807) is 6.92 Å². The third-order valence-corrected chi connectivity index (χ3v) is 2.09. The van der Waals surface area contributed by atoms with Crippen LogP contribution < -0.4 is 5.73 Å². The van der Waals surface area contributed by atoms with E-state index < -0.39 is 5.82 Å². The Morgan fingerprint density at radius 3 is 2.71 bits per heavy atom. The Kier molecular flexibility index (Phi) is 3.10. The first kappa shape index (κ1) is 10.6. The van der Waals surface area contributed by atoms with E-state index in [4.69, 9.17) is 22.6 Å². The van der Waals surface area contributed by atoms with Gasteiger partial charge in [-0.05, 0) is 25.1 Å². The lowest BCUT2D eigenvalue weighted by Gasteiger charge is -2.03. The van der Waals surface area contributed by atoms with Crippen LogP contribution in [0.4, 0.5) is 4.39 Å². The minimum atomic E-state index is -0.502. The number of halogens is 2. The fourth-order valence-corrected chi connectivity index (χ4v) is 1.12. The Morgan fingerprint density at radius 2 is 2.21 bits per heavy atom. The Labute approximate surface area is 86.4 Å². The molecule has 0 saturated heterocycles. The molecule has 0 aromatic heterocycles. The van der Waals surface area contributed by atoms with Gasteiger partial charge in [-0.1, -0.05) is 11.6 Å². The van der Waals surface area contributed by atoms with Crippen LogP contribution in [0.25, 0.3) is 5.70 Å². The zero-order valence-electron chi connectivity index (χ0n) is 7.51. The summed E-state index contributed by atoms with van der Waals surface area (Å²) in [6.45, 7) is 1.59. The fourth-order valence-electron chi connectivity index (χ4n) is 0.940. The predicted octanol–water partition coefficient (Wildman–Crippen LogP) is 2.69. The normalized spacial score (nSPS) is 11.9. The van der Waals surface area contributed by atoms with E-state index in [0.717, 1.165) is 0 Å². The van der Waals surface area contributed by atoms with Crippen molar-refractivity contribution in [2.75, 3.05) is 0 Å². The van der Waals surface area contributed by atoms with Crippen LogP contribution in [-0.2, 0) is 0 Å². The van der Waals surface area contributed by atoms with Crippen LogP contribution in [0.2, 0.25) is 5.02 Å². The third kappa shape index (κ3) is 2.04. The number of hydrogen-bond acceptors (Lipinski definition) is 2. The smallest absolute Gasteiger partial charge is 0.141 e. The number of benzene rings is 1. The van der Waals surface area contributed by atoms with Crippen molar-refractivity contribution in [3.63, 3.8) is 0 Å². The highest BCUT2D eigenvalue weighted by Gasteiger charge is 2.04. The molecule has 0 radical (unpaired) electrons. The Bertz CT molecular complexity index is 432. The van der Waals surface area contributed by atoms with Gasteiger partial charge in [-0.25, -0.2) is 4.39 Å². The standard InChI is InChI=1S/C10H8ClFN2/c1-6(5-13)10(14)7-2-3-9(12)8(11)4-7/h2-4H,14H2,1H3/b10-6-. The summed E-state index contributed by atoms with van der Waals surface area (Å²) in [7, 11) is 0. The van der Waals surface area contributed by atoms with Crippen LogP contribution in [0.1, 0.15) is 12.5 Å². The molecule has 0 spiro atoms. The average molecular weight is 211 g/mol. The van der Waals surface area contributed by atoms with Crippen LogP contribution in [0.3, 0.4) is 0 Å². The predicted molar refractivity (Wildman–Crippen MR) is 53.8 cm³/mol. The Morgan fingerprint density at radius 1 is 1.57 bits per heavy atom. The zero-order valence-corrected chi connectivity index (χ0v) is 8.27. The number of nitriles is 1. The molecule has 0 aliphatic carbocycles. The molecule has 4 heteroatoms. The van der Waals surface area contributed by atoms with Gasteiger partial charge >= 0.3 is 0 Å². The SMILES string of the molecule is C/C(C#N)=C(/N)c1ccc(F)c(Cl)c1. The maximum atomic E-state index is 12.8. The second-order valence-corrected chi connectivity index (χ2v) is 3.19. The summed E-state index contributed by atoms with van der Waals surface area (Å²) in [6.07, 6.45) is 0. The van der Waals surface area contributed by atoms with E-state index in [0.29, 0.717) is 16.8 Å². The van der Waals surface area contributed by atoms with Gasteiger partial charge in [0.25, 0.3) is 0 Å². The van der Waals surface area contributed by atoms with Crippen molar-refractivity contribution in [3.8, 4) is 6.07 Å². The molecule has 0 bridgehead atoms. The van der Waals surface area contributed by atoms with Crippen molar-refractivity contribution in [1.82, 2.24) is 0 Å². The van der Waals surface area contributed by atoms with Gasteiger partial charge < -0.3 is 5.73 Å². The van der Waals surface area contributed by atoms with Gasteiger partial charge in [0.05, 0.1) is 16.8 Å². The molecule has 0 atom stereocenters. The molecular formula is C10H8ClFN2. The lowest BCUT2D eigenvalue weighted by Crippen LogP contribution is -1.99. The third-order valence-electron chi connectivity index (χ3n) is 1.80. The molecule has 1 rings (SSSR count). The first-order chi connectivity index (χ1) is 6.56. The molecule has 2 N–H and O–H groups in total. The molecule has 14 heavy (non-hydrogen) atoms. The molecule has 0 aliphatic rings. The molecule has 0 heterocycles. The van der Waals surface area contributed by atoms with Gasteiger partial charge in [-0.3, -0.25) is 0 Å². The van der Waals surface area contributed by atoms with Crippen LogP contribution in [0.15, 0.2) is 23.8 Å². The highest BCUT2D eigenvalue weighted by atomic mass is 35.5. The first-order valence-corrected chi connectivity index (χ1v) is 4.26. The van der Waals surface area contributed by atoms with E-state index in [-0.39, 0.29) is 5.02 Å². The number of nitrogens with two attached hydrogens (primary N) is 1. The maximum absolute atomic E-state index is 12.8. The molecular weight excluding hydrogens is 203 g/mol. The van der Waals surface area contributed by atoms with E-state index in [9.17, 15) is 4.39 Å². The number of allylic oxidation sites excluding steroid dienone is 1. The number of nitrogens with zero attached hydrogens (tertiary/aromatic N) is 1. The fraction of sp³-hybridized carbons (Fsp3) is 0.100. The molecule has 0 fully saturated rings. The molecule has 1 aromatic rings. The molecule has 2 nitrogen and oxygen atoms in total. The van der Waals surface area contributed by atoms with Gasteiger partial charge in [0.2, 0.25) is 0 Å². The van der Waals surface area contributed by atoms with Crippen molar-refractivity contribution in [3.05, 3.63) is 40.2 Å². The lowest BCUT2D eigenvalue weighted by molar-refractivity contribution is 0.628. The van der Waals surface area contributed by atoms with Crippen molar-refractivity contribution in [2.24, 2.45) is 5.73 Å². The van der Waals surface area contributed by atoms with Gasteiger partial charge in [0, 0.05) is 11.1 Å². The quantitative estimate of drug-likeness (QED) is 0.725. The van der Waals surface area contributed by atoms with Crippen LogP contribution in [-0.4, -0.2) is 0 Å². The van der Waals surface area contributed by atoms with Crippen molar-refractivity contribution in [2.45, 2.75) is 6.92 Å². The number of rotatable bonds is 1. The molecule has 0 aliphatic heterocycles. The first-order valence-electron chi connectivity index (χ1n) is 3.88. The van der Waals surface area contributed by atoms with Crippen molar-refractivity contribution < 1.29 is 4.39 Å². The summed E-state index contributed by atoms with van der Waals surface area (Å²) in [5.74, 6) is -0.502. The second kappa shape index (κ2) is 4.12. The topological polar surface area (TPSA) is 49.8 Å². The summed E-state index contributed by atoms with van der Waals surface area (Å²) in [4.78, 5) is 0. The minimum Gasteiger partial charge on any atom is -0.397 e.